The first-order chi connectivity index (χ1) is 13.3. The fraction of sp³-hybridized carbons (Fsp3) is 0.929. The molecule has 0 aromatic heterocycles. The number of nitrogens with zero attached hydrogens (tertiary/aromatic N) is 1. The van der Waals surface area contributed by atoms with Gasteiger partial charge < -0.3 is 25.2 Å². The number of thioether (sulfide) groups is 1. The van der Waals surface area contributed by atoms with E-state index in [1.807, 2.05) is 0 Å². The molecule has 0 aromatic rings. The van der Waals surface area contributed by atoms with Gasteiger partial charge in [0.2, 0.25) is 0 Å². The molecular weight excluding hydrogens is 454 g/mol. The molecule has 1 saturated heterocycles. The summed E-state index contributed by atoms with van der Waals surface area (Å²) >= 11 is 0.707. The first kappa shape index (κ1) is 26.5. The van der Waals surface area contributed by atoms with E-state index < -0.39 is 56.7 Å². The van der Waals surface area contributed by atoms with Crippen LogP contribution in [0.4, 0.5) is 0 Å². The summed E-state index contributed by atoms with van der Waals surface area (Å²) in [6.45, 7) is -0.629. The number of rotatable bonds is 11. The Morgan fingerprint density at radius 2 is 1.66 bits per heavy atom. The third kappa shape index (κ3) is 10.4. The lowest BCUT2D eigenvalue weighted by Gasteiger charge is -2.39. The van der Waals surface area contributed by atoms with E-state index in [1.165, 1.54) is 0 Å². The van der Waals surface area contributed by atoms with Crippen molar-refractivity contribution in [3.05, 3.63) is 0 Å². The van der Waals surface area contributed by atoms with Crippen LogP contribution in [0.15, 0.2) is 5.16 Å². The zero-order chi connectivity index (χ0) is 22.2. The minimum atomic E-state index is -4.86. The number of sulfone groups is 1. The highest BCUT2D eigenvalue weighted by Gasteiger charge is 2.44. The van der Waals surface area contributed by atoms with E-state index in [0.717, 1.165) is 6.26 Å². The molecule has 0 aliphatic carbocycles. The van der Waals surface area contributed by atoms with Gasteiger partial charge in [0.25, 0.3) is 0 Å². The van der Waals surface area contributed by atoms with Gasteiger partial charge in [0.1, 0.15) is 44.7 Å². The largest absolute Gasteiger partial charge is 0.466 e. The number of aliphatic hydroxyl groups excluding tert-OH is 4. The lowest BCUT2D eigenvalue weighted by atomic mass is 10.0. The van der Waals surface area contributed by atoms with Gasteiger partial charge in [0.05, 0.1) is 6.61 Å². The standard InChI is InChI=1S/C14H27NO11S3/c1-28(20,21)7-5-3-2-4-6-10(15-26-29(22,23)24)27-14-13(19)12(18)11(17)9(8-16)25-14/h9,11-14,16-19H,2-8H2,1H3,(H,22,23,24)/b15-10-/t9-,11-,12+,13-,14+/m1/s1. The SMILES string of the molecule is CS(=O)(=O)CCCCCC/C(=N/OS(=O)(=O)O)S[C@@H]1O[C@H](CO)[C@@H](O)[C@H](O)[C@H]1O. The maximum atomic E-state index is 11.1. The first-order valence-electron chi connectivity index (χ1n) is 8.72. The summed E-state index contributed by atoms with van der Waals surface area (Å²) < 4.78 is 61.7. The average molecular weight is 482 g/mol. The van der Waals surface area contributed by atoms with Crippen molar-refractivity contribution in [2.75, 3.05) is 18.6 Å². The van der Waals surface area contributed by atoms with Crippen LogP contribution in [0.5, 0.6) is 0 Å². The Labute approximate surface area is 173 Å². The molecule has 0 unspecified atom stereocenters. The summed E-state index contributed by atoms with van der Waals surface area (Å²) in [4.78, 5) is 0. The molecule has 29 heavy (non-hydrogen) atoms. The third-order valence-corrected chi connectivity index (χ3v) is 6.46. The van der Waals surface area contributed by atoms with Crippen molar-refractivity contribution in [3.63, 3.8) is 0 Å². The zero-order valence-electron chi connectivity index (χ0n) is 15.7. The van der Waals surface area contributed by atoms with Crippen molar-refractivity contribution < 1.29 is 50.8 Å². The second-order valence-corrected chi connectivity index (χ2v) is 11.0. The molecular formula is C14H27NO11S3. The Balaban J connectivity index is 2.70. The molecule has 1 rings (SSSR count). The van der Waals surface area contributed by atoms with Crippen LogP contribution in [0.2, 0.25) is 0 Å². The molecule has 1 fully saturated rings. The number of ether oxygens (including phenoxy) is 1. The second-order valence-electron chi connectivity index (χ2n) is 6.60. The van der Waals surface area contributed by atoms with Crippen molar-refractivity contribution in [3.8, 4) is 0 Å². The number of aliphatic hydroxyl groups is 4. The summed E-state index contributed by atoms with van der Waals surface area (Å²) in [6, 6.07) is 0. The van der Waals surface area contributed by atoms with Gasteiger partial charge in [-0.2, -0.15) is 8.42 Å². The molecule has 172 valence electrons. The van der Waals surface area contributed by atoms with Crippen LogP contribution in [0.3, 0.4) is 0 Å². The third-order valence-electron chi connectivity index (χ3n) is 3.99. The fourth-order valence-electron chi connectivity index (χ4n) is 2.51. The number of unbranched alkanes of at least 4 members (excludes halogenated alkanes) is 3. The molecule has 0 bridgehead atoms. The molecule has 1 aliphatic rings. The highest BCUT2D eigenvalue weighted by Crippen LogP contribution is 2.30. The van der Waals surface area contributed by atoms with Crippen LogP contribution in [0.1, 0.15) is 32.1 Å². The van der Waals surface area contributed by atoms with Crippen LogP contribution < -0.4 is 0 Å². The van der Waals surface area contributed by atoms with Crippen molar-refractivity contribution in [1.82, 2.24) is 0 Å². The number of oxime groups is 1. The maximum Gasteiger partial charge on any atom is 0.466 e. The molecule has 1 aliphatic heterocycles. The smallest absolute Gasteiger partial charge is 0.394 e. The van der Waals surface area contributed by atoms with Gasteiger partial charge in [-0.05, 0) is 19.3 Å². The number of hydrogen-bond donors (Lipinski definition) is 5. The van der Waals surface area contributed by atoms with Crippen molar-refractivity contribution in [2.45, 2.75) is 62.0 Å². The van der Waals surface area contributed by atoms with Gasteiger partial charge in [-0.15, -0.1) is 0 Å². The molecule has 12 nitrogen and oxygen atoms in total. The van der Waals surface area contributed by atoms with Gasteiger partial charge in [0.15, 0.2) is 0 Å². The Morgan fingerprint density at radius 3 is 2.21 bits per heavy atom. The Hall–Kier alpha value is -0.520. The molecule has 5 N–H and O–H groups in total. The van der Waals surface area contributed by atoms with Gasteiger partial charge in [-0.3, -0.25) is 4.55 Å². The van der Waals surface area contributed by atoms with Crippen LogP contribution >= 0.6 is 11.8 Å². The quantitative estimate of drug-likeness (QED) is 0.0764. The summed E-state index contributed by atoms with van der Waals surface area (Å²) in [5.41, 5.74) is -1.19. The predicted octanol–water partition coefficient (Wildman–Crippen LogP) is -1.35. The topological polar surface area (TPSA) is 200 Å². The van der Waals surface area contributed by atoms with Crippen LogP contribution in [-0.2, 0) is 29.3 Å². The van der Waals surface area contributed by atoms with Crippen molar-refractivity contribution in [2.24, 2.45) is 5.16 Å². The second kappa shape index (κ2) is 11.8. The predicted molar refractivity (Wildman–Crippen MR) is 104 cm³/mol. The lowest BCUT2D eigenvalue weighted by Crippen LogP contribution is -2.57. The van der Waals surface area contributed by atoms with Crippen molar-refractivity contribution in [1.29, 1.82) is 0 Å². The Bertz CT molecular complexity index is 738. The Kier molecular flexibility index (Phi) is 10.8. The molecule has 0 amide bonds. The highest BCUT2D eigenvalue weighted by molar-refractivity contribution is 8.14. The van der Waals surface area contributed by atoms with Gasteiger partial charge in [-0.25, -0.2) is 12.7 Å². The van der Waals surface area contributed by atoms with Crippen LogP contribution in [-0.4, -0.2) is 95.3 Å². The first-order valence-corrected chi connectivity index (χ1v) is 13.0. The molecule has 0 aromatic carbocycles. The lowest BCUT2D eigenvalue weighted by molar-refractivity contribution is -0.205. The van der Waals surface area contributed by atoms with Crippen molar-refractivity contribution >= 4 is 37.0 Å². The molecule has 5 atom stereocenters. The van der Waals surface area contributed by atoms with E-state index in [0.29, 0.717) is 37.4 Å². The summed E-state index contributed by atoms with van der Waals surface area (Å²) in [5, 5.41) is 42.2. The molecule has 0 radical (unpaired) electrons. The monoisotopic (exact) mass is 481 g/mol. The van der Waals surface area contributed by atoms with Crippen LogP contribution in [0.25, 0.3) is 0 Å². The normalized spacial score (nSPS) is 29.0. The summed E-state index contributed by atoms with van der Waals surface area (Å²) in [5.74, 6) is 0.0550. The van der Waals surface area contributed by atoms with E-state index in [9.17, 15) is 37.3 Å². The van der Waals surface area contributed by atoms with E-state index in [1.54, 1.807) is 0 Å². The fourth-order valence-corrected chi connectivity index (χ4v) is 4.58. The molecule has 1 heterocycles. The molecule has 15 heteroatoms. The van der Waals surface area contributed by atoms with Gasteiger partial charge in [-0.1, -0.05) is 29.8 Å². The highest BCUT2D eigenvalue weighted by atomic mass is 32.3. The van der Waals surface area contributed by atoms with E-state index in [2.05, 4.69) is 9.44 Å². The maximum absolute atomic E-state index is 11.1. The van der Waals surface area contributed by atoms with E-state index in [4.69, 9.17) is 9.29 Å². The zero-order valence-corrected chi connectivity index (χ0v) is 18.1. The molecule has 0 saturated carbocycles. The number of hydrogen-bond acceptors (Lipinski definition) is 12. The van der Waals surface area contributed by atoms with Crippen LogP contribution in [0, 0.1) is 0 Å². The van der Waals surface area contributed by atoms with Gasteiger partial charge in [0, 0.05) is 12.0 Å². The van der Waals surface area contributed by atoms with E-state index >= 15 is 0 Å². The molecule has 0 spiro atoms. The van der Waals surface area contributed by atoms with Gasteiger partial charge >= 0.3 is 10.4 Å². The minimum Gasteiger partial charge on any atom is -0.394 e. The average Bonchev–Trinajstić information content (AvgIpc) is 2.60. The summed E-state index contributed by atoms with van der Waals surface area (Å²) in [7, 11) is -7.91. The Morgan fingerprint density at radius 1 is 1.03 bits per heavy atom. The summed E-state index contributed by atoms with van der Waals surface area (Å²) in [6.07, 6.45) is -2.47. The minimum absolute atomic E-state index is 0.00932. The van der Waals surface area contributed by atoms with E-state index in [-0.39, 0.29) is 17.2 Å².